The molecule has 0 atom stereocenters. The van der Waals surface area contributed by atoms with E-state index in [0.717, 1.165) is 34.1 Å². The SMILES string of the molecule is Cc1[nH]nc2c1c(=O)n(CCCN)c1ccc(C#CC3CCCC3)cc21. The van der Waals surface area contributed by atoms with E-state index in [4.69, 9.17) is 5.73 Å². The number of hydrogen-bond acceptors (Lipinski definition) is 3. The maximum Gasteiger partial charge on any atom is 0.262 e. The van der Waals surface area contributed by atoms with Crippen molar-refractivity contribution < 1.29 is 0 Å². The summed E-state index contributed by atoms with van der Waals surface area (Å²) in [5.74, 6) is 7.27. The summed E-state index contributed by atoms with van der Waals surface area (Å²) in [5, 5.41) is 9.00. The summed E-state index contributed by atoms with van der Waals surface area (Å²) in [4.78, 5) is 12.9. The number of nitrogens with one attached hydrogen (secondary N) is 1. The summed E-state index contributed by atoms with van der Waals surface area (Å²) in [7, 11) is 0. The van der Waals surface area contributed by atoms with E-state index in [1.807, 2.05) is 23.6 Å². The van der Waals surface area contributed by atoms with Crippen molar-refractivity contribution in [2.75, 3.05) is 6.54 Å². The molecular weight excluding hydrogens is 324 g/mol. The van der Waals surface area contributed by atoms with Crippen LogP contribution in [0.4, 0.5) is 0 Å². The van der Waals surface area contributed by atoms with Gasteiger partial charge >= 0.3 is 0 Å². The van der Waals surface area contributed by atoms with E-state index < -0.39 is 0 Å². The van der Waals surface area contributed by atoms with Gasteiger partial charge in [-0.05, 0) is 50.9 Å². The second-order valence-corrected chi connectivity index (χ2v) is 7.15. The predicted molar refractivity (Wildman–Crippen MR) is 105 cm³/mol. The quantitative estimate of drug-likeness (QED) is 0.714. The lowest BCUT2D eigenvalue weighted by atomic mass is 10.1. The van der Waals surface area contributed by atoms with E-state index in [9.17, 15) is 4.79 Å². The average Bonchev–Trinajstić information content (AvgIpc) is 3.30. The normalized spacial score (nSPS) is 14.8. The molecule has 0 bridgehead atoms. The minimum absolute atomic E-state index is 0.00279. The molecule has 0 spiro atoms. The first kappa shape index (κ1) is 16.9. The van der Waals surface area contributed by atoms with Gasteiger partial charge in [-0.2, -0.15) is 5.10 Å². The molecule has 0 saturated heterocycles. The van der Waals surface area contributed by atoms with Crippen LogP contribution < -0.4 is 11.3 Å². The molecule has 26 heavy (non-hydrogen) atoms. The maximum atomic E-state index is 12.9. The Labute approximate surface area is 152 Å². The Morgan fingerprint density at radius 1 is 1.35 bits per heavy atom. The molecule has 1 aromatic carbocycles. The Balaban J connectivity index is 1.89. The van der Waals surface area contributed by atoms with Crippen molar-refractivity contribution in [1.82, 2.24) is 14.8 Å². The van der Waals surface area contributed by atoms with Gasteiger partial charge in [0.1, 0.15) is 5.52 Å². The summed E-state index contributed by atoms with van der Waals surface area (Å²) < 4.78 is 1.82. The molecule has 134 valence electrons. The molecule has 2 aromatic heterocycles. The highest BCUT2D eigenvalue weighted by Crippen LogP contribution is 2.25. The Morgan fingerprint density at radius 3 is 2.92 bits per heavy atom. The number of nitrogens with zero attached hydrogens (tertiary/aromatic N) is 2. The third-order valence-corrected chi connectivity index (χ3v) is 5.31. The van der Waals surface area contributed by atoms with E-state index in [0.29, 0.717) is 24.4 Å². The zero-order valence-corrected chi connectivity index (χ0v) is 15.1. The monoisotopic (exact) mass is 348 g/mol. The minimum atomic E-state index is -0.00279. The van der Waals surface area contributed by atoms with E-state index >= 15 is 0 Å². The zero-order chi connectivity index (χ0) is 18.1. The number of aromatic nitrogens is 3. The molecule has 3 aromatic rings. The molecule has 1 aliphatic carbocycles. The van der Waals surface area contributed by atoms with Gasteiger partial charge in [0.2, 0.25) is 0 Å². The summed E-state index contributed by atoms with van der Waals surface area (Å²) in [6.45, 7) is 3.06. The lowest BCUT2D eigenvalue weighted by Gasteiger charge is -2.11. The van der Waals surface area contributed by atoms with E-state index in [1.54, 1.807) is 0 Å². The fourth-order valence-corrected chi connectivity index (χ4v) is 3.90. The van der Waals surface area contributed by atoms with Gasteiger partial charge in [-0.15, -0.1) is 0 Å². The number of benzene rings is 1. The molecule has 0 amide bonds. The summed E-state index contributed by atoms with van der Waals surface area (Å²) in [6.07, 6.45) is 5.76. The van der Waals surface area contributed by atoms with Gasteiger partial charge in [0.25, 0.3) is 5.56 Å². The summed E-state index contributed by atoms with van der Waals surface area (Å²) >= 11 is 0. The van der Waals surface area contributed by atoms with Gasteiger partial charge in [0.05, 0.1) is 10.9 Å². The van der Waals surface area contributed by atoms with Crippen LogP contribution >= 0.6 is 0 Å². The third-order valence-electron chi connectivity index (χ3n) is 5.31. The van der Waals surface area contributed by atoms with Crippen LogP contribution in [0.2, 0.25) is 0 Å². The van der Waals surface area contributed by atoms with Crippen LogP contribution in [0.3, 0.4) is 0 Å². The van der Waals surface area contributed by atoms with Gasteiger partial charge in [-0.25, -0.2) is 0 Å². The highest BCUT2D eigenvalue weighted by Gasteiger charge is 2.16. The van der Waals surface area contributed by atoms with E-state index in [2.05, 4.69) is 28.1 Å². The first-order valence-corrected chi connectivity index (χ1v) is 9.42. The van der Waals surface area contributed by atoms with Gasteiger partial charge in [0, 0.05) is 29.1 Å². The molecule has 1 saturated carbocycles. The third kappa shape index (κ3) is 2.91. The minimum Gasteiger partial charge on any atom is -0.330 e. The number of pyridine rings is 1. The van der Waals surface area contributed by atoms with Gasteiger partial charge in [-0.1, -0.05) is 24.7 Å². The van der Waals surface area contributed by atoms with Crippen LogP contribution in [0.25, 0.3) is 21.8 Å². The van der Waals surface area contributed by atoms with Crippen molar-refractivity contribution in [3.8, 4) is 11.8 Å². The second kappa shape index (κ2) is 6.97. The van der Waals surface area contributed by atoms with Gasteiger partial charge < -0.3 is 10.3 Å². The zero-order valence-electron chi connectivity index (χ0n) is 15.1. The highest BCUT2D eigenvalue weighted by molar-refractivity contribution is 6.04. The fraction of sp³-hybridized carbons (Fsp3) is 0.429. The number of aromatic amines is 1. The Kier molecular flexibility index (Phi) is 4.52. The Hall–Kier alpha value is -2.58. The van der Waals surface area contributed by atoms with E-state index in [1.165, 1.54) is 25.7 Å². The number of rotatable bonds is 3. The van der Waals surface area contributed by atoms with Crippen LogP contribution in [-0.2, 0) is 6.54 Å². The topological polar surface area (TPSA) is 76.7 Å². The number of hydrogen-bond donors (Lipinski definition) is 2. The molecule has 1 aliphatic rings. The standard InChI is InChI=1S/C21H24N4O/c1-14-19-20(24-23-14)17-13-16(8-7-15-5-2-3-6-15)9-10-18(17)25(21(19)26)12-4-11-22/h9-10,13,15H,2-6,11-12,22H2,1H3,(H,23,24). The average molecular weight is 348 g/mol. The van der Waals surface area contributed by atoms with Crippen LogP contribution in [-0.4, -0.2) is 21.3 Å². The van der Waals surface area contributed by atoms with Crippen LogP contribution in [0, 0.1) is 24.7 Å². The van der Waals surface area contributed by atoms with Crippen molar-refractivity contribution in [2.24, 2.45) is 11.7 Å². The van der Waals surface area contributed by atoms with Crippen molar-refractivity contribution in [2.45, 2.75) is 45.6 Å². The Morgan fingerprint density at radius 2 is 2.15 bits per heavy atom. The van der Waals surface area contributed by atoms with Crippen molar-refractivity contribution in [3.63, 3.8) is 0 Å². The fourth-order valence-electron chi connectivity index (χ4n) is 3.90. The number of fused-ring (bicyclic) bond motifs is 3. The van der Waals surface area contributed by atoms with Crippen LogP contribution in [0.1, 0.15) is 43.4 Å². The molecule has 3 N–H and O–H groups in total. The van der Waals surface area contributed by atoms with Crippen LogP contribution in [0.5, 0.6) is 0 Å². The summed E-state index contributed by atoms with van der Waals surface area (Å²) in [5.41, 5.74) is 9.07. The van der Waals surface area contributed by atoms with Crippen molar-refractivity contribution >= 4 is 21.8 Å². The first-order chi connectivity index (χ1) is 12.7. The smallest absolute Gasteiger partial charge is 0.262 e. The largest absolute Gasteiger partial charge is 0.330 e. The molecule has 0 radical (unpaired) electrons. The molecule has 1 fully saturated rings. The highest BCUT2D eigenvalue weighted by atomic mass is 16.1. The molecule has 5 heteroatoms. The van der Waals surface area contributed by atoms with Crippen LogP contribution in [0.15, 0.2) is 23.0 Å². The molecular formula is C21H24N4O. The maximum absolute atomic E-state index is 12.9. The number of H-pyrrole nitrogens is 1. The molecule has 4 rings (SSSR count). The number of nitrogens with two attached hydrogens (primary N) is 1. The molecule has 0 aliphatic heterocycles. The lowest BCUT2D eigenvalue weighted by Crippen LogP contribution is -2.22. The van der Waals surface area contributed by atoms with E-state index in [-0.39, 0.29) is 5.56 Å². The molecule has 5 nitrogen and oxygen atoms in total. The van der Waals surface area contributed by atoms with Crippen molar-refractivity contribution in [1.29, 1.82) is 0 Å². The lowest BCUT2D eigenvalue weighted by molar-refractivity contribution is 0.654. The first-order valence-electron chi connectivity index (χ1n) is 9.42. The molecule has 2 heterocycles. The van der Waals surface area contributed by atoms with Gasteiger partial charge in [-0.3, -0.25) is 9.89 Å². The van der Waals surface area contributed by atoms with Crippen molar-refractivity contribution in [3.05, 3.63) is 39.8 Å². The number of aryl methyl sites for hydroxylation is 2. The Bertz CT molecular complexity index is 1070. The van der Waals surface area contributed by atoms with Gasteiger partial charge in [0.15, 0.2) is 0 Å². The predicted octanol–water partition coefficient (Wildman–Crippen LogP) is 3.08. The second-order valence-electron chi connectivity index (χ2n) is 7.15. The summed E-state index contributed by atoms with van der Waals surface area (Å²) in [6, 6.07) is 6.07. The molecule has 0 unspecified atom stereocenters.